The minimum Gasteiger partial charge on any atom is -0.465 e. The van der Waals surface area contributed by atoms with E-state index < -0.39 is 79.5 Å². The Morgan fingerprint density at radius 2 is 1.35 bits per heavy atom. The van der Waals surface area contributed by atoms with E-state index in [1.165, 1.54) is 43.5 Å². The summed E-state index contributed by atoms with van der Waals surface area (Å²) < 4.78 is 135. The van der Waals surface area contributed by atoms with E-state index in [-0.39, 0.29) is 27.1 Å². The summed E-state index contributed by atoms with van der Waals surface area (Å²) in [5, 5.41) is -0.216. The molecule has 0 fully saturated rings. The van der Waals surface area contributed by atoms with Gasteiger partial charge in [0.05, 0.1) is 28.8 Å². The highest BCUT2D eigenvalue weighted by atomic mass is 35.5. The van der Waals surface area contributed by atoms with Crippen LogP contribution in [0.25, 0.3) is 44.4 Å². The van der Waals surface area contributed by atoms with Gasteiger partial charge in [0, 0.05) is 49.4 Å². The number of ether oxygens (including phenoxy) is 1. The number of esters is 1. The summed E-state index contributed by atoms with van der Waals surface area (Å²) in [6.07, 6.45) is -9.57. The summed E-state index contributed by atoms with van der Waals surface area (Å²) in [4.78, 5) is 11.6. The van der Waals surface area contributed by atoms with Crippen molar-refractivity contribution in [3.8, 4) is 33.5 Å². The molecule has 262 valence electrons. The van der Waals surface area contributed by atoms with Gasteiger partial charge in [0.2, 0.25) is 0 Å². The van der Waals surface area contributed by atoms with Crippen molar-refractivity contribution in [2.45, 2.75) is 24.2 Å². The van der Waals surface area contributed by atoms with Crippen LogP contribution < -0.4 is 0 Å². The molecule has 14 heteroatoms. The van der Waals surface area contributed by atoms with Gasteiger partial charge in [0.15, 0.2) is 0 Å². The molecule has 6 aromatic rings. The van der Waals surface area contributed by atoms with Crippen molar-refractivity contribution in [1.82, 2.24) is 3.97 Å². The molecular weight excluding hydrogens is 723 g/mol. The van der Waals surface area contributed by atoms with Gasteiger partial charge in [-0.3, -0.25) is 0 Å². The number of fused-ring (bicyclic) bond motifs is 1. The Labute approximate surface area is 291 Å². The summed E-state index contributed by atoms with van der Waals surface area (Å²) in [7, 11) is -3.68. The molecule has 51 heavy (non-hydrogen) atoms. The SMILES string of the molecule is COC(=O)c1ccc(-c2cccc(-c3c(-c4c(C(F)F)cccc4C(F)F)c4cc(F)ccc4n3S(=O)(=O)c3ccc(C(F)F)cc3)c2)c(Cl)c1. The molecule has 1 aromatic heterocycles. The highest BCUT2D eigenvalue weighted by Crippen LogP contribution is 2.49. The topological polar surface area (TPSA) is 65.4 Å². The minimum absolute atomic E-state index is 0.00993. The molecule has 0 radical (unpaired) electrons. The normalized spacial score (nSPS) is 12.0. The predicted molar refractivity (Wildman–Crippen MR) is 178 cm³/mol. The largest absolute Gasteiger partial charge is 0.465 e. The standard InChI is InChI=1S/C37H23ClF7NO4S/c1-50-37(47)22-10-14-25(29(38)17-22)20-4-2-5-21(16-20)33-32(31-26(35(42)43)6-3-7-27(31)36(44)45)28-18-23(39)11-15-30(28)46(33)51(48,49)24-12-8-19(9-13-24)34(40)41/h2-18,34-36H,1H3. The molecule has 5 aromatic carbocycles. The smallest absolute Gasteiger partial charge is 0.337 e. The summed E-state index contributed by atoms with van der Waals surface area (Å²) in [5.74, 6) is -1.59. The zero-order chi connectivity index (χ0) is 36.8. The van der Waals surface area contributed by atoms with Crippen molar-refractivity contribution in [3.05, 3.63) is 136 Å². The van der Waals surface area contributed by atoms with E-state index >= 15 is 4.39 Å². The molecule has 0 aliphatic heterocycles. The first-order valence-electron chi connectivity index (χ1n) is 14.9. The molecule has 5 nitrogen and oxygen atoms in total. The first kappa shape index (κ1) is 35.7. The summed E-state index contributed by atoms with van der Waals surface area (Å²) >= 11 is 6.53. The molecule has 0 aliphatic rings. The maximum Gasteiger partial charge on any atom is 0.337 e. The Hall–Kier alpha value is -5.14. The van der Waals surface area contributed by atoms with Gasteiger partial charge < -0.3 is 4.74 Å². The number of hydrogen-bond acceptors (Lipinski definition) is 4. The van der Waals surface area contributed by atoms with Gasteiger partial charge in [-0.25, -0.2) is 47.9 Å². The summed E-state index contributed by atoms with van der Waals surface area (Å²) in [6, 6.07) is 19.4. The Bertz CT molecular complexity index is 2390. The third-order valence-electron chi connectivity index (χ3n) is 8.24. The monoisotopic (exact) mass is 745 g/mol. The average molecular weight is 746 g/mol. The van der Waals surface area contributed by atoms with Gasteiger partial charge in [0.1, 0.15) is 5.82 Å². The molecule has 0 N–H and O–H groups in total. The molecule has 1 heterocycles. The van der Waals surface area contributed by atoms with Crippen molar-refractivity contribution in [2.75, 3.05) is 7.11 Å². The van der Waals surface area contributed by atoms with Crippen LogP contribution in [-0.4, -0.2) is 25.5 Å². The third-order valence-corrected chi connectivity index (χ3v) is 10.3. The lowest BCUT2D eigenvalue weighted by atomic mass is 9.90. The number of alkyl halides is 6. The van der Waals surface area contributed by atoms with Gasteiger partial charge >= 0.3 is 5.97 Å². The lowest BCUT2D eigenvalue weighted by molar-refractivity contribution is 0.0600. The summed E-state index contributed by atoms with van der Waals surface area (Å²) in [5.41, 5.74) is -3.24. The Kier molecular flexibility index (Phi) is 9.71. The highest BCUT2D eigenvalue weighted by molar-refractivity contribution is 7.90. The lowest BCUT2D eigenvalue weighted by Crippen LogP contribution is -2.14. The van der Waals surface area contributed by atoms with E-state index in [4.69, 9.17) is 16.3 Å². The van der Waals surface area contributed by atoms with E-state index in [0.29, 0.717) is 15.1 Å². The van der Waals surface area contributed by atoms with Crippen LogP contribution in [-0.2, 0) is 14.8 Å². The number of carbonyl (C=O) groups excluding carboxylic acids is 1. The molecule has 6 rings (SSSR count). The van der Waals surface area contributed by atoms with Gasteiger partial charge in [-0.1, -0.05) is 66.2 Å². The predicted octanol–water partition coefficient (Wildman–Crippen LogP) is 11.3. The van der Waals surface area contributed by atoms with Crippen LogP contribution in [0.3, 0.4) is 0 Å². The van der Waals surface area contributed by atoms with Crippen LogP contribution in [0.1, 0.15) is 46.3 Å². The molecule has 0 saturated heterocycles. The second-order valence-corrected chi connectivity index (χ2v) is 13.4. The maximum absolute atomic E-state index is 15.0. The second kappa shape index (κ2) is 13.9. The van der Waals surface area contributed by atoms with E-state index in [1.807, 2.05) is 0 Å². The first-order chi connectivity index (χ1) is 24.2. The Balaban J connectivity index is 1.76. The number of aromatic nitrogens is 1. The first-order valence-corrected chi connectivity index (χ1v) is 16.7. The minimum atomic E-state index is -4.86. The van der Waals surface area contributed by atoms with Gasteiger partial charge in [-0.05, 0) is 54.1 Å². The lowest BCUT2D eigenvalue weighted by Gasteiger charge is -2.18. The van der Waals surface area contributed by atoms with Crippen molar-refractivity contribution >= 4 is 38.5 Å². The third kappa shape index (κ3) is 6.47. The Morgan fingerprint density at radius 3 is 1.94 bits per heavy atom. The molecule has 0 amide bonds. The van der Waals surface area contributed by atoms with E-state index in [0.717, 1.165) is 60.7 Å². The van der Waals surface area contributed by atoms with Crippen LogP contribution in [0.15, 0.2) is 108 Å². The van der Waals surface area contributed by atoms with Crippen LogP contribution in [0.2, 0.25) is 5.02 Å². The quantitative estimate of drug-likeness (QED) is 0.109. The van der Waals surface area contributed by atoms with E-state index in [9.17, 15) is 39.6 Å². The number of nitrogens with zero attached hydrogens (tertiary/aromatic N) is 1. The molecule has 0 aliphatic carbocycles. The van der Waals surface area contributed by atoms with Crippen LogP contribution in [0.4, 0.5) is 30.7 Å². The molecular formula is C37H23ClF7NO4S. The molecule has 0 spiro atoms. The van der Waals surface area contributed by atoms with Crippen molar-refractivity contribution in [2.24, 2.45) is 0 Å². The molecule has 0 atom stereocenters. The number of benzene rings is 5. The molecule has 0 unspecified atom stereocenters. The van der Waals surface area contributed by atoms with Gasteiger partial charge in [-0.15, -0.1) is 0 Å². The van der Waals surface area contributed by atoms with Gasteiger partial charge in [0.25, 0.3) is 29.3 Å². The van der Waals surface area contributed by atoms with E-state index in [1.54, 1.807) is 6.07 Å². The zero-order valence-electron chi connectivity index (χ0n) is 26.1. The molecule has 0 saturated carbocycles. The van der Waals surface area contributed by atoms with Crippen molar-refractivity contribution < 1.29 is 48.7 Å². The zero-order valence-corrected chi connectivity index (χ0v) is 27.6. The fraction of sp³-hybridized carbons (Fsp3) is 0.108. The van der Waals surface area contributed by atoms with Gasteiger partial charge in [-0.2, -0.15) is 0 Å². The summed E-state index contributed by atoms with van der Waals surface area (Å²) in [6.45, 7) is 0. The van der Waals surface area contributed by atoms with Crippen LogP contribution in [0.5, 0.6) is 0 Å². The number of carbonyl (C=O) groups is 1. The van der Waals surface area contributed by atoms with E-state index in [2.05, 4.69) is 0 Å². The highest BCUT2D eigenvalue weighted by Gasteiger charge is 2.33. The van der Waals surface area contributed by atoms with Crippen molar-refractivity contribution in [1.29, 1.82) is 0 Å². The van der Waals surface area contributed by atoms with Crippen LogP contribution in [0, 0.1) is 5.82 Å². The number of methoxy groups -OCH3 is 1. The Morgan fingerprint density at radius 1 is 0.725 bits per heavy atom. The second-order valence-electron chi connectivity index (χ2n) is 11.2. The van der Waals surface area contributed by atoms with Crippen LogP contribution >= 0.6 is 11.6 Å². The maximum atomic E-state index is 15.0. The number of halogens is 8. The van der Waals surface area contributed by atoms with Crippen molar-refractivity contribution in [3.63, 3.8) is 0 Å². The molecule has 0 bridgehead atoms. The average Bonchev–Trinajstić information content (AvgIpc) is 3.45. The number of hydrogen-bond donors (Lipinski definition) is 0. The fourth-order valence-corrected chi connectivity index (χ4v) is 7.80. The number of rotatable bonds is 9. The fourth-order valence-electron chi connectivity index (χ4n) is 5.96.